The lowest BCUT2D eigenvalue weighted by atomic mass is 9.94. The molecule has 0 aromatic heterocycles. The highest BCUT2D eigenvalue weighted by molar-refractivity contribution is 5.77. The normalized spacial score (nSPS) is 33.3. The molecule has 4 heteroatoms. The molecule has 2 bridgehead atoms. The third kappa shape index (κ3) is 1.64. The second-order valence-electron chi connectivity index (χ2n) is 3.89. The molecule has 4 nitrogen and oxygen atoms in total. The van der Waals surface area contributed by atoms with E-state index in [0.29, 0.717) is 5.92 Å². The Morgan fingerprint density at radius 1 is 1.36 bits per heavy atom. The van der Waals surface area contributed by atoms with Crippen LogP contribution in [0.3, 0.4) is 0 Å². The van der Waals surface area contributed by atoms with E-state index >= 15 is 0 Å². The lowest BCUT2D eigenvalue weighted by Crippen LogP contribution is -2.24. The molecule has 1 fully saturated rings. The maximum atomic E-state index is 11.4. The van der Waals surface area contributed by atoms with E-state index in [4.69, 9.17) is 5.11 Å². The average Bonchev–Trinajstić information content (AvgIpc) is 2.74. The highest BCUT2D eigenvalue weighted by Crippen LogP contribution is 2.43. The summed E-state index contributed by atoms with van der Waals surface area (Å²) in [6.45, 7) is -0.517. The maximum Gasteiger partial charge on any atom is 0.341 e. The highest BCUT2D eigenvalue weighted by atomic mass is 16.5. The molecule has 76 valence electrons. The zero-order valence-corrected chi connectivity index (χ0v) is 7.68. The number of carboxylic acids is 1. The lowest BCUT2D eigenvalue weighted by Gasteiger charge is -2.15. The summed E-state index contributed by atoms with van der Waals surface area (Å²) in [5.74, 6) is -0.783. The van der Waals surface area contributed by atoms with Crippen molar-refractivity contribution in [2.45, 2.75) is 12.8 Å². The van der Waals surface area contributed by atoms with Gasteiger partial charge in [-0.25, -0.2) is 4.79 Å². The van der Waals surface area contributed by atoms with Crippen LogP contribution in [0.15, 0.2) is 12.2 Å². The molecule has 14 heavy (non-hydrogen) atoms. The van der Waals surface area contributed by atoms with Crippen molar-refractivity contribution >= 4 is 11.9 Å². The van der Waals surface area contributed by atoms with Crippen molar-refractivity contribution in [3.8, 4) is 0 Å². The summed E-state index contributed by atoms with van der Waals surface area (Å²) >= 11 is 0. The number of allylic oxidation sites excluding steroid dienone is 2. The molecule has 3 unspecified atom stereocenters. The Bertz CT molecular complexity index is 294. The number of aliphatic carboxylic acids is 1. The van der Waals surface area contributed by atoms with Crippen LogP contribution in [0, 0.1) is 17.8 Å². The third-order valence-corrected chi connectivity index (χ3v) is 2.92. The summed E-state index contributed by atoms with van der Waals surface area (Å²) in [6.07, 6.45) is 6.01. The molecule has 2 aliphatic rings. The number of carbonyl (C=O) groups is 2. The second kappa shape index (κ2) is 3.44. The summed E-state index contributed by atoms with van der Waals surface area (Å²) in [6, 6.07) is 0. The van der Waals surface area contributed by atoms with Crippen molar-refractivity contribution in [3.63, 3.8) is 0 Å². The van der Waals surface area contributed by atoms with Crippen LogP contribution in [0.2, 0.25) is 0 Å². The highest BCUT2D eigenvalue weighted by Gasteiger charge is 2.40. The van der Waals surface area contributed by atoms with E-state index in [0.717, 1.165) is 12.8 Å². The fourth-order valence-corrected chi connectivity index (χ4v) is 2.29. The summed E-state index contributed by atoms with van der Waals surface area (Å²) in [5, 5.41) is 8.35. The van der Waals surface area contributed by atoms with Gasteiger partial charge in [0.25, 0.3) is 0 Å². The van der Waals surface area contributed by atoms with Gasteiger partial charge in [0, 0.05) is 0 Å². The molecule has 0 spiro atoms. The van der Waals surface area contributed by atoms with E-state index in [1.54, 1.807) is 0 Å². The molecule has 0 amide bonds. The van der Waals surface area contributed by atoms with Crippen LogP contribution in [0.5, 0.6) is 0 Å². The van der Waals surface area contributed by atoms with Crippen molar-refractivity contribution in [1.82, 2.24) is 0 Å². The standard InChI is InChI=1S/C10H12O4/c11-9(12)5-14-10(13)8-4-6-1-2-7(8)3-6/h1-2,6-8H,3-5H2,(H,11,12). The van der Waals surface area contributed by atoms with Gasteiger partial charge < -0.3 is 9.84 Å². The molecule has 0 radical (unpaired) electrons. The number of hydrogen-bond acceptors (Lipinski definition) is 3. The first-order chi connectivity index (χ1) is 6.66. The Morgan fingerprint density at radius 3 is 2.64 bits per heavy atom. The predicted octanol–water partition coefficient (Wildman–Crippen LogP) is 0.826. The minimum Gasteiger partial charge on any atom is -0.479 e. The van der Waals surface area contributed by atoms with Gasteiger partial charge in [0.1, 0.15) is 0 Å². The van der Waals surface area contributed by atoms with Gasteiger partial charge in [-0.2, -0.15) is 0 Å². The largest absolute Gasteiger partial charge is 0.479 e. The Balaban J connectivity index is 1.87. The summed E-state index contributed by atoms with van der Waals surface area (Å²) < 4.78 is 4.67. The molecule has 0 heterocycles. The summed E-state index contributed by atoms with van der Waals surface area (Å²) in [4.78, 5) is 21.6. The third-order valence-electron chi connectivity index (χ3n) is 2.92. The van der Waals surface area contributed by atoms with Crippen LogP contribution in [-0.4, -0.2) is 23.7 Å². The van der Waals surface area contributed by atoms with E-state index in [-0.39, 0.29) is 17.8 Å². The van der Waals surface area contributed by atoms with Crippen molar-refractivity contribution in [3.05, 3.63) is 12.2 Å². The molecule has 1 saturated carbocycles. The van der Waals surface area contributed by atoms with Crippen LogP contribution in [0.4, 0.5) is 0 Å². The van der Waals surface area contributed by atoms with Crippen molar-refractivity contribution in [2.75, 3.05) is 6.61 Å². The lowest BCUT2D eigenvalue weighted by molar-refractivity contribution is -0.158. The molecule has 1 N–H and O–H groups in total. The Labute approximate surface area is 81.6 Å². The fourth-order valence-electron chi connectivity index (χ4n) is 2.29. The van der Waals surface area contributed by atoms with Gasteiger partial charge in [-0.15, -0.1) is 0 Å². The number of ether oxygens (including phenoxy) is 1. The molecule has 0 saturated heterocycles. The van der Waals surface area contributed by atoms with Crippen LogP contribution in [-0.2, 0) is 14.3 Å². The van der Waals surface area contributed by atoms with Crippen LogP contribution >= 0.6 is 0 Å². The number of carboxylic acid groups (broad SMARTS) is 1. The van der Waals surface area contributed by atoms with Gasteiger partial charge in [-0.05, 0) is 24.7 Å². The van der Waals surface area contributed by atoms with E-state index in [2.05, 4.69) is 10.8 Å². The molecule has 0 aromatic carbocycles. The van der Waals surface area contributed by atoms with Crippen molar-refractivity contribution < 1.29 is 19.4 Å². The topological polar surface area (TPSA) is 63.6 Å². The van der Waals surface area contributed by atoms with Gasteiger partial charge in [0.15, 0.2) is 6.61 Å². The molecule has 2 aliphatic carbocycles. The van der Waals surface area contributed by atoms with Crippen LogP contribution in [0.1, 0.15) is 12.8 Å². The van der Waals surface area contributed by atoms with Gasteiger partial charge in [0.2, 0.25) is 0 Å². The predicted molar refractivity (Wildman–Crippen MR) is 47.4 cm³/mol. The van der Waals surface area contributed by atoms with E-state index in [1.807, 2.05) is 6.08 Å². The molecular weight excluding hydrogens is 184 g/mol. The number of carbonyl (C=O) groups excluding carboxylic acids is 1. The molecule has 3 atom stereocenters. The second-order valence-corrected chi connectivity index (χ2v) is 3.89. The summed E-state index contributed by atoms with van der Waals surface area (Å²) in [7, 11) is 0. The molecule has 0 aliphatic heterocycles. The Hall–Kier alpha value is -1.32. The van der Waals surface area contributed by atoms with E-state index in [1.165, 1.54) is 0 Å². The molecular formula is C10H12O4. The number of hydrogen-bond donors (Lipinski definition) is 1. The van der Waals surface area contributed by atoms with Crippen LogP contribution < -0.4 is 0 Å². The number of rotatable bonds is 3. The zero-order valence-electron chi connectivity index (χ0n) is 7.68. The van der Waals surface area contributed by atoms with Crippen molar-refractivity contribution in [1.29, 1.82) is 0 Å². The average molecular weight is 196 g/mol. The smallest absolute Gasteiger partial charge is 0.341 e. The number of fused-ring (bicyclic) bond motifs is 2. The minimum absolute atomic E-state index is 0.107. The summed E-state index contributed by atoms with van der Waals surface area (Å²) in [5.41, 5.74) is 0. The van der Waals surface area contributed by atoms with Gasteiger partial charge in [-0.1, -0.05) is 12.2 Å². The first kappa shape index (κ1) is 9.24. The SMILES string of the molecule is O=C(O)COC(=O)C1CC2C=CC1C2. The van der Waals surface area contributed by atoms with Crippen molar-refractivity contribution in [2.24, 2.45) is 17.8 Å². The molecule has 2 rings (SSSR count). The molecule has 0 aromatic rings. The zero-order chi connectivity index (χ0) is 10.1. The van der Waals surface area contributed by atoms with Gasteiger partial charge >= 0.3 is 11.9 Å². The van der Waals surface area contributed by atoms with Crippen LogP contribution in [0.25, 0.3) is 0 Å². The minimum atomic E-state index is -1.10. The fraction of sp³-hybridized carbons (Fsp3) is 0.600. The maximum absolute atomic E-state index is 11.4. The monoisotopic (exact) mass is 196 g/mol. The Morgan fingerprint density at radius 2 is 2.14 bits per heavy atom. The quantitative estimate of drug-likeness (QED) is 0.536. The van der Waals surface area contributed by atoms with Gasteiger partial charge in [0.05, 0.1) is 5.92 Å². The first-order valence-corrected chi connectivity index (χ1v) is 4.73. The van der Waals surface area contributed by atoms with Gasteiger partial charge in [-0.3, -0.25) is 4.79 Å². The number of esters is 1. The van der Waals surface area contributed by atoms with E-state index in [9.17, 15) is 9.59 Å². The Kier molecular flexibility index (Phi) is 2.27. The van der Waals surface area contributed by atoms with E-state index < -0.39 is 12.6 Å². The first-order valence-electron chi connectivity index (χ1n) is 4.73.